The molecule has 6 nitrogen and oxygen atoms in total. The molecular formula is C15H19N3O3S. The average molecular weight is 321 g/mol. The highest BCUT2D eigenvalue weighted by atomic mass is 32.1. The third kappa shape index (κ3) is 4.02. The fraction of sp³-hybridized carbons (Fsp3) is 0.400. The molecule has 7 heteroatoms. The van der Waals surface area contributed by atoms with E-state index in [2.05, 4.69) is 10.4 Å². The standard InChI is InChI=1S/C15H19N3O3S/c1-10(2)12(9-19)16-14(20)8-18-15(21)6-5-11(17-18)13-4-3-7-22-13/h3-7,10,12,19H,8-9H2,1-2H3,(H,16,20)/t12-/m0/s1. The van der Waals surface area contributed by atoms with Gasteiger partial charge in [-0.1, -0.05) is 19.9 Å². The molecule has 0 saturated heterocycles. The van der Waals surface area contributed by atoms with E-state index in [1.165, 1.54) is 17.4 Å². The molecule has 0 unspecified atom stereocenters. The van der Waals surface area contributed by atoms with E-state index >= 15 is 0 Å². The molecule has 0 bridgehead atoms. The molecule has 0 aromatic carbocycles. The Bertz CT molecular complexity index is 680. The predicted molar refractivity (Wildman–Crippen MR) is 85.7 cm³/mol. The van der Waals surface area contributed by atoms with Gasteiger partial charge < -0.3 is 10.4 Å². The van der Waals surface area contributed by atoms with Crippen LogP contribution in [0.4, 0.5) is 0 Å². The summed E-state index contributed by atoms with van der Waals surface area (Å²) in [5.41, 5.74) is 0.325. The lowest BCUT2D eigenvalue weighted by Gasteiger charge is -2.19. The second kappa shape index (κ2) is 7.33. The number of rotatable bonds is 6. The Morgan fingerprint density at radius 1 is 1.41 bits per heavy atom. The van der Waals surface area contributed by atoms with E-state index in [-0.39, 0.29) is 36.6 Å². The van der Waals surface area contributed by atoms with E-state index in [4.69, 9.17) is 0 Å². The van der Waals surface area contributed by atoms with Gasteiger partial charge in [-0.15, -0.1) is 11.3 Å². The molecule has 0 aliphatic carbocycles. The van der Waals surface area contributed by atoms with Gasteiger partial charge >= 0.3 is 0 Å². The monoisotopic (exact) mass is 321 g/mol. The molecule has 2 aromatic rings. The van der Waals surface area contributed by atoms with Crippen LogP contribution in [-0.2, 0) is 11.3 Å². The lowest BCUT2D eigenvalue weighted by atomic mass is 10.1. The van der Waals surface area contributed by atoms with Crippen molar-refractivity contribution in [3.63, 3.8) is 0 Å². The number of thiophene rings is 1. The van der Waals surface area contributed by atoms with E-state index in [0.29, 0.717) is 5.69 Å². The average Bonchev–Trinajstić information content (AvgIpc) is 3.01. The zero-order valence-electron chi connectivity index (χ0n) is 12.5. The van der Waals surface area contributed by atoms with Crippen LogP contribution in [0.2, 0.25) is 0 Å². The van der Waals surface area contributed by atoms with Crippen LogP contribution in [0.15, 0.2) is 34.4 Å². The van der Waals surface area contributed by atoms with Crippen LogP contribution in [0.3, 0.4) is 0 Å². The molecule has 1 amide bonds. The van der Waals surface area contributed by atoms with E-state index in [9.17, 15) is 14.7 Å². The zero-order valence-corrected chi connectivity index (χ0v) is 13.3. The van der Waals surface area contributed by atoms with Crippen molar-refractivity contribution in [3.05, 3.63) is 40.0 Å². The lowest BCUT2D eigenvalue weighted by Crippen LogP contribution is -2.44. The maximum absolute atomic E-state index is 12.0. The Hall–Kier alpha value is -1.99. The highest BCUT2D eigenvalue weighted by molar-refractivity contribution is 7.13. The molecule has 2 N–H and O–H groups in total. The van der Waals surface area contributed by atoms with Gasteiger partial charge in [0.2, 0.25) is 5.91 Å². The minimum atomic E-state index is -0.342. The van der Waals surface area contributed by atoms with Crippen molar-refractivity contribution in [1.82, 2.24) is 15.1 Å². The maximum atomic E-state index is 12.0. The molecule has 0 aliphatic heterocycles. The minimum absolute atomic E-state index is 0.107. The van der Waals surface area contributed by atoms with Crippen LogP contribution in [0, 0.1) is 5.92 Å². The van der Waals surface area contributed by atoms with Gasteiger partial charge in [-0.05, 0) is 23.4 Å². The number of amides is 1. The summed E-state index contributed by atoms with van der Waals surface area (Å²) in [4.78, 5) is 24.8. The second-order valence-electron chi connectivity index (χ2n) is 5.29. The summed E-state index contributed by atoms with van der Waals surface area (Å²) >= 11 is 1.52. The van der Waals surface area contributed by atoms with Crippen molar-refractivity contribution in [2.45, 2.75) is 26.4 Å². The number of nitrogens with zero attached hydrogens (tertiary/aromatic N) is 2. The van der Waals surface area contributed by atoms with E-state index in [0.717, 1.165) is 9.56 Å². The molecule has 0 aliphatic rings. The third-order valence-electron chi connectivity index (χ3n) is 3.28. The third-order valence-corrected chi connectivity index (χ3v) is 4.17. The van der Waals surface area contributed by atoms with Gasteiger partial charge in [-0.25, -0.2) is 4.68 Å². The first kappa shape index (κ1) is 16.4. The molecule has 0 radical (unpaired) electrons. The predicted octanol–water partition coefficient (Wildman–Crippen LogP) is 1.10. The summed E-state index contributed by atoms with van der Waals surface area (Å²) in [6.45, 7) is 3.51. The molecule has 0 saturated carbocycles. The number of hydrogen-bond donors (Lipinski definition) is 2. The smallest absolute Gasteiger partial charge is 0.267 e. The number of aliphatic hydroxyl groups excluding tert-OH is 1. The van der Waals surface area contributed by atoms with Crippen LogP contribution < -0.4 is 10.9 Å². The van der Waals surface area contributed by atoms with Gasteiger partial charge in [-0.3, -0.25) is 9.59 Å². The molecule has 0 fully saturated rings. The van der Waals surface area contributed by atoms with Crippen molar-refractivity contribution in [3.8, 4) is 10.6 Å². The van der Waals surface area contributed by atoms with Gasteiger partial charge in [0.25, 0.3) is 5.56 Å². The van der Waals surface area contributed by atoms with Gasteiger partial charge in [0.1, 0.15) is 12.2 Å². The summed E-state index contributed by atoms with van der Waals surface area (Å²) in [6.07, 6.45) is 0. The lowest BCUT2D eigenvalue weighted by molar-refractivity contribution is -0.123. The first-order valence-corrected chi connectivity index (χ1v) is 7.91. The molecule has 118 valence electrons. The minimum Gasteiger partial charge on any atom is -0.394 e. The summed E-state index contributed by atoms with van der Waals surface area (Å²) in [5.74, 6) is -0.234. The van der Waals surface area contributed by atoms with Gasteiger partial charge in [0.15, 0.2) is 0 Å². The van der Waals surface area contributed by atoms with Crippen molar-refractivity contribution in [2.24, 2.45) is 5.92 Å². The number of nitrogens with one attached hydrogen (secondary N) is 1. The normalized spacial score (nSPS) is 12.4. The summed E-state index contributed by atoms with van der Waals surface area (Å²) in [7, 11) is 0. The molecule has 1 atom stereocenters. The quantitative estimate of drug-likeness (QED) is 0.834. The number of carbonyl (C=O) groups is 1. The van der Waals surface area contributed by atoms with Crippen LogP contribution in [0.25, 0.3) is 10.6 Å². The Kier molecular flexibility index (Phi) is 5.46. The highest BCUT2D eigenvalue weighted by Gasteiger charge is 2.16. The van der Waals surface area contributed by atoms with E-state index in [1.54, 1.807) is 6.07 Å². The summed E-state index contributed by atoms with van der Waals surface area (Å²) in [6, 6.07) is 6.53. The van der Waals surface area contributed by atoms with Crippen LogP contribution in [-0.4, -0.2) is 33.4 Å². The van der Waals surface area contributed by atoms with Gasteiger partial charge in [-0.2, -0.15) is 5.10 Å². The summed E-state index contributed by atoms with van der Waals surface area (Å²) in [5, 5.41) is 18.1. The fourth-order valence-electron chi connectivity index (χ4n) is 1.93. The number of aromatic nitrogens is 2. The van der Waals surface area contributed by atoms with E-state index in [1.807, 2.05) is 31.4 Å². The second-order valence-corrected chi connectivity index (χ2v) is 6.24. The van der Waals surface area contributed by atoms with Crippen molar-refractivity contribution in [1.29, 1.82) is 0 Å². The fourth-order valence-corrected chi connectivity index (χ4v) is 2.62. The molecule has 0 spiro atoms. The number of carbonyl (C=O) groups excluding carboxylic acids is 1. The molecular weight excluding hydrogens is 302 g/mol. The highest BCUT2D eigenvalue weighted by Crippen LogP contribution is 2.20. The van der Waals surface area contributed by atoms with Gasteiger partial charge in [0.05, 0.1) is 17.5 Å². The Morgan fingerprint density at radius 2 is 2.18 bits per heavy atom. The maximum Gasteiger partial charge on any atom is 0.267 e. The molecule has 22 heavy (non-hydrogen) atoms. The van der Waals surface area contributed by atoms with Crippen LogP contribution >= 0.6 is 11.3 Å². The first-order chi connectivity index (χ1) is 10.5. The SMILES string of the molecule is CC(C)[C@H](CO)NC(=O)Cn1nc(-c2cccs2)ccc1=O. The first-order valence-electron chi connectivity index (χ1n) is 7.03. The molecule has 2 aromatic heterocycles. The topological polar surface area (TPSA) is 84.2 Å². The van der Waals surface area contributed by atoms with Crippen molar-refractivity contribution in [2.75, 3.05) is 6.61 Å². The van der Waals surface area contributed by atoms with Crippen LogP contribution in [0.5, 0.6) is 0 Å². The van der Waals surface area contributed by atoms with Gasteiger partial charge in [0, 0.05) is 6.07 Å². The number of aliphatic hydroxyl groups is 1. The molecule has 2 heterocycles. The van der Waals surface area contributed by atoms with E-state index < -0.39 is 0 Å². The Labute approximate surface area is 132 Å². The van der Waals surface area contributed by atoms with Crippen molar-refractivity contribution >= 4 is 17.2 Å². The Morgan fingerprint density at radius 3 is 2.77 bits per heavy atom. The summed E-state index contributed by atoms with van der Waals surface area (Å²) < 4.78 is 1.14. The largest absolute Gasteiger partial charge is 0.394 e. The number of hydrogen-bond acceptors (Lipinski definition) is 5. The van der Waals surface area contributed by atoms with Crippen LogP contribution in [0.1, 0.15) is 13.8 Å². The van der Waals surface area contributed by atoms with Crippen molar-refractivity contribution < 1.29 is 9.90 Å². The molecule has 2 rings (SSSR count). The Balaban J connectivity index is 2.14. The zero-order chi connectivity index (χ0) is 16.1.